The lowest BCUT2D eigenvalue weighted by molar-refractivity contribution is 0.0714. The van der Waals surface area contributed by atoms with Crippen LogP contribution in [0.15, 0.2) is 54.7 Å². The SMILES string of the molecule is CN(Cc1cnc2ccccc2n1)C(=O)c1cccc(CCC(C)(C)O)c1. The fourth-order valence-corrected chi connectivity index (χ4v) is 2.92. The molecule has 1 amide bonds. The molecule has 27 heavy (non-hydrogen) atoms. The molecule has 0 spiro atoms. The first-order valence-electron chi connectivity index (χ1n) is 9.09. The first-order chi connectivity index (χ1) is 12.8. The summed E-state index contributed by atoms with van der Waals surface area (Å²) < 4.78 is 0. The predicted molar refractivity (Wildman–Crippen MR) is 106 cm³/mol. The lowest BCUT2D eigenvalue weighted by Crippen LogP contribution is -2.27. The summed E-state index contributed by atoms with van der Waals surface area (Å²) in [6, 6.07) is 15.3. The Labute approximate surface area is 159 Å². The van der Waals surface area contributed by atoms with Gasteiger partial charge >= 0.3 is 0 Å². The second-order valence-corrected chi connectivity index (χ2v) is 7.52. The van der Waals surface area contributed by atoms with Crippen LogP contribution in [0.3, 0.4) is 0 Å². The fraction of sp³-hybridized carbons (Fsp3) is 0.318. The highest BCUT2D eigenvalue weighted by molar-refractivity contribution is 5.94. The number of aryl methyl sites for hydroxylation is 1. The van der Waals surface area contributed by atoms with E-state index in [2.05, 4.69) is 9.97 Å². The summed E-state index contributed by atoms with van der Waals surface area (Å²) in [6.45, 7) is 3.98. The van der Waals surface area contributed by atoms with Crippen molar-refractivity contribution < 1.29 is 9.90 Å². The molecule has 0 fully saturated rings. The number of nitrogens with zero attached hydrogens (tertiary/aromatic N) is 3. The molecule has 0 saturated heterocycles. The van der Waals surface area contributed by atoms with E-state index in [1.165, 1.54) is 0 Å². The molecule has 0 saturated carbocycles. The summed E-state index contributed by atoms with van der Waals surface area (Å²) >= 11 is 0. The van der Waals surface area contributed by atoms with Gasteiger partial charge in [0.25, 0.3) is 5.91 Å². The molecular formula is C22H25N3O2. The van der Waals surface area contributed by atoms with Gasteiger partial charge in [-0.3, -0.25) is 9.78 Å². The van der Waals surface area contributed by atoms with Crippen LogP contribution >= 0.6 is 0 Å². The summed E-state index contributed by atoms with van der Waals surface area (Å²) in [5.41, 5.74) is 3.38. The van der Waals surface area contributed by atoms with Crippen LogP contribution in [-0.4, -0.2) is 38.5 Å². The summed E-state index contributed by atoms with van der Waals surface area (Å²) in [5, 5.41) is 9.90. The predicted octanol–water partition coefficient (Wildman–Crippen LogP) is 3.61. The average molecular weight is 363 g/mol. The maximum atomic E-state index is 12.8. The van der Waals surface area contributed by atoms with Gasteiger partial charge in [-0.2, -0.15) is 0 Å². The third kappa shape index (κ3) is 5.11. The Balaban J connectivity index is 1.70. The van der Waals surface area contributed by atoms with E-state index >= 15 is 0 Å². The molecule has 5 nitrogen and oxygen atoms in total. The Kier molecular flexibility index (Phi) is 5.51. The Morgan fingerprint density at radius 2 is 1.85 bits per heavy atom. The van der Waals surface area contributed by atoms with Crippen molar-refractivity contribution in [1.29, 1.82) is 0 Å². The third-order valence-corrected chi connectivity index (χ3v) is 4.44. The number of fused-ring (bicyclic) bond motifs is 1. The van der Waals surface area contributed by atoms with Crippen molar-refractivity contribution in [2.24, 2.45) is 0 Å². The van der Waals surface area contributed by atoms with E-state index in [0.717, 1.165) is 28.7 Å². The smallest absolute Gasteiger partial charge is 0.253 e. The number of amides is 1. The number of carbonyl (C=O) groups excluding carboxylic acids is 1. The van der Waals surface area contributed by atoms with Crippen molar-refractivity contribution in [3.8, 4) is 0 Å². The van der Waals surface area contributed by atoms with E-state index < -0.39 is 5.60 Å². The van der Waals surface area contributed by atoms with Gasteiger partial charge in [0.05, 0.1) is 35.1 Å². The van der Waals surface area contributed by atoms with E-state index in [4.69, 9.17) is 0 Å². The molecule has 0 aliphatic carbocycles. The highest BCUT2D eigenvalue weighted by Crippen LogP contribution is 2.16. The third-order valence-electron chi connectivity index (χ3n) is 4.44. The molecule has 0 atom stereocenters. The first-order valence-corrected chi connectivity index (χ1v) is 9.09. The minimum atomic E-state index is -0.717. The van der Waals surface area contributed by atoms with Gasteiger partial charge in [0.15, 0.2) is 0 Å². The van der Waals surface area contributed by atoms with E-state index in [1.807, 2.05) is 48.5 Å². The molecule has 0 aliphatic heterocycles. The van der Waals surface area contributed by atoms with Crippen molar-refractivity contribution in [1.82, 2.24) is 14.9 Å². The minimum Gasteiger partial charge on any atom is -0.390 e. The number of para-hydroxylation sites is 2. The van der Waals surface area contributed by atoms with Gasteiger partial charge < -0.3 is 10.0 Å². The van der Waals surface area contributed by atoms with Crippen LogP contribution in [0.4, 0.5) is 0 Å². The normalized spacial score (nSPS) is 11.6. The Morgan fingerprint density at radius 1 is 1.11 bits per heavy atom. The number of rotatable bonds is 6. The lowest BCUT2D eigenvalue weighted by Gasteiger charge is -2.18. The highest BCUT2D eigenvalue weighted by atomic mass is 16.3. The van der Waals surface area contributed by atoms with Crippen molar-refractivity contribution in [2.45, 2.75) is 38.8 Å². The number of carbonyl (C=O) groups is 1. The molecule has 1 N–H and O–H groups in total. The summed E-state index contributed by atoms with van der Waals surface area (Å²) in [7, 11) is 1.77. The van der Waals surface area contributed by atoms with Gasteiger partial charge in [-0.25, -0.2) is 4.98 Å². The monoisotopic (exact) mass is 363 g/mol. The molecule has 2 aromatic carbocycles. The van der Waals surface area contributed by atoms with Gasteiger partial charge in [0.2, 0.25) is 0 Å². The van der Waals surface area contributed by atoms with Crippen LogP contribution in [-0.2, 0) is 13.0 Å². The zero-order valence-electron chi connectivity index (χ0n) is 16.0. The van der Waals surface area contributed by atoms with Crippen LogP contribution in [0, 0.1) is 0 Å². The van der Waals surface area contributed by atoms with Crippen LogP contribution < -0.4 is 0 Å². The second-order valence-electron chi connectivity index (χ2n) is 7.52. The molecule has 140 valence electrons. The number of aromatic nitrogens is 2. The fourth-order valence-electron chi connectivity index (χ4n) is 2.92. The van der Waals surface area contributed by atoms with Crippen molar-refractivity contribution in [3.05, 3.63) is 71.5 Å². The van der Waals surface area contributed by atoms with Crippen LogP contribution in [0.5, 0.6) is 0 Å². The maximum absolute atomic E-state index is 12.8. The summed E-state index contributed by atoms with van der Waals surface area (Å²) in [6.07, 6.45) is 3.09. The number of hydrogen-bond acceptors (Lipinski definition) is 4. The van der Waals surface area contributed by atoms with E-state index in [0.29, 0.717) is 18.5 Å². The quantitative estimate of drug-likeness (QED) is 0.727. The van der Waals surface area contributed by atoms with Gasteiger partial charge in [-0.1, -0.05) is 24.3 Å². The largest absolute Gasteiger partial charge is 0.390 e. The zero-order valence-corrected chi connectivity index (χ0v) is 16.0. The average Bonchev–Trinajstić information content (AvgIpc) is 2.65. The van der Waals surface area contributed by atoms with E-state index in [9.17, 15) is 9.90 Å². The molecule has 0 radical (unpaired) electrons. The van der Waals surface area contributed by atoms with Crippen LogP contribution in [0.1, 0.15) is 41.9 Å². The van der Waals surface area contributed by atoms with Crippen molar-refractivity contribution in [3.63, 3.8) is 0 Å². The van der Waals surface area contributed by atoms with Crippen molar-refractivity contribution >= 4 is 16.9 Å². The molecular weight excluding hydrogens is 338 g/mol. The van der Waals surface area contributed by atoms with E-state index in [-0.39, 0.29) is 5.91 Å². The molecule has 0 aliphatic rings. The van der Waals surface area contributed by atoms with Crippen LogP contribution in [0.2, 0.25) is 0 Å². The van der Waals surface area contributed by atoms with E-state index in [1.54, 1.807) is 32.0 Å². The Morgan fingerprint density at radius 3 is 2.59 bits per heavy atom. The van der Waals surface area contributed by atoms with Gasteiger partial charge in [0, 0.05) is 12.6 Å². The molecule has 0 unspecified atom stereocenters. The Hall–Kier alpha value is -2.79. The topological polar surface area (TPSA) is 66.3 Å². The minimum absolute atomic E-state index is 0.0601. The molecule has 0 bridgehead atoms. The standard InChI is InChI=1S/C22H25N3O2/c1-22(2,27)12-11-16-7-6-8-17(13-16)21(26)25(3)15-18-14-23-19-9-4-5-10-20(19)24-18/h4-10,13-14,27H,11-12,15H2,1-3H3. The number of benzene rings is 2. The lowest BCUT2D eigenvalue weighted by atomic mass is 9.98. The Bertz CT molecular complexity index is 947. The second kappa shape index (κ2) is 7.84. The molecule has 3 aromatic rings. The van der Waals surface area contributed by atoms with Crippen LogP contribution in [0.25, 0.3) is 11.0 Å². The molecule has 5 heteroatoms. The highest BCUT2D eigenvalue weighted by Gasteiger charge is 2.15. The van der Waals surface area contributed by atoms with Crippen molar-refractivity contribution in [2.75, 3.05) is 7.05 Å². The van der Waals surface area contributed by atoms with Gasteiger partial charge in [-0.15, -0.1) is 0 Å². The summed E-state index contributed by atoms with van der Waals surface area (Å²) in [5.74, 6) is -0.0601. The molecule has 3 rings (SSSR count). The molecule has 1 heterocycles. The molecule has 1 aromatic heterocycles. The number of aliphatic hydroxyl groups is 1. The number of hydrogen-bond donors (Lipinski definition) is 1. The van der Waals surface area contributed by atoms with Gasteiger partial charge in [0.1, 0.15) is 0 Å². The van der Waals surface area contributed by atoms with Gasteiger partial charge in [-0.05, 0) is 56.5 Å². The first kappa shape index (κ1) is 19.0. The zero-order chi connectivity index (χ0) is 19.4. The maximum Gasteiger partial charge on any atom is 0.253 e. The summed E-state index contributed by atoms with van der Waals surface area (Å²) in [4.78, 5) is 23.4.